The van der Waals surface area contributed by atoms with Gasteiger partial charge in [0.05, 0.1) is 12.0 Å². The van der Waals surface area contributed by atoms with E-state index in [-0.39, 0.29) is 36.1 Å². The summed E-state index contributed by atoms with van der Waals surface area (Å²) in [5.74, 6) is 0.0831. The standard InChI is InChI=1S/C14H21N3O2.2ClH/c1-19-11-14(4-7-15-8-5-14)13(18)17-10-12-3-2-6-16-9-12;;/h2-3,6,9,15H,4-5,7-8,10-11H2,1H3,(H,17,18);2*1H. The topological polar surface area (TPSA) is 63.2 Å². The van der Waals surface area contributed by atoms with E-state index in [0.717, 1.165) is 31.5 Å². The van der Waals surface area contributed by atoms with E-state index in [2.05, 4.69) is 15.6 Å². The average Bonchev–Trinajstić information content (AvgIpc) is 2.47. The molecule has 5 nitrogen and oxygen atoms in total. The summed E-state index contributed by atoms with van der Waals surface area (Å²) in [5.41, 5.74) is 0.625. The molecular weight excluding hydrogens is 313 g/mol. The highest BCUT2D eigenvalue weighted by molar-refractivity contribution is 5.85. The van der Waals surface area contributed by atoms with Crippen molar-refractivity contribution in [2.45, 2.75) is 19.4 Å². The molecule has 0 bridgehead atoms. The van der Waals surface area contributed by atoms with Gasteiger partial charge in [0, 0.05) is 26.0 Å². The van der Waals surface area contributed by atoms with Crippen LogP contribution in [0.15, 0.2) is 24.5 Å². The molecule has 0 saturated carbocycles. The summed E-state index contributed by atoms with van der Waals surface area (Å²) in [6, 6.07) is 3.83. The van der Waals surface area contributed by atoms with Crippen LogP contribution in [0.2, 0.25) is 0 Å². The van der Waals surface area contributed by atoms with E-state index in [9.17, 15) is 4.79 Å². The Balaban J connectivity index is 0.00000200. The number of rotatable bonds is 5. The molecule has 1 amide bonds. The lowest BCUT2D eigenvalue weighted by molar-refractivity contribution is -0.136. The summed E-state index contributed by atoms with van der Waals surface area (Å²) < 4.78 is 5.26. The minimum absolute atomic E-state index is 0. The van der Waals surface area contributed by atoms with Crippen molar-refractivity contribution in [3.8, 4) is 0 Å². The molecule has 0 spiro atoms. The SMILES string of the molecule is COCC1(C(=O)NCc2cccnc2)CCNCC1.Cl.Cl. The normalized spacial score (nSPS) is 16.2. The first-order valence-electron chi connectivity index (χ1n) is 6.64. The lowest BCUT2D eigenvalue weighted by Gasteiger charge is -2.35. The smallest absolute Gasteiger partial charge is 0.228 e. The lowest BCUT2D eigenvalue weighted by Crippen LogP contribution is -2.49. The third-order valence-corrected chi connectivity index (χ3v) is 3.64. The van der Waals surface area contributed by atoms with Gasteiger partial charge in [-0.2, -0.15) is 0 Å². The Bertz CT molecular complexity index is 406. The van der Waals surface area contributed by atoms with Crippen LogP contribution in [0.5, 0.6) is 0 Å². The molecule has 0 aliphatic carbocycles. The summed E-state index contributed by atoms with van der Waals surface area (Å²) in [4.78, 5) is 16.5. The van der Waals surface area contributed by atoms with E-state index in [4.69, 9.17) is 4.74 Å². The van der Waals surface area contributed by atoms with Gasteiger partial charge in [-0.25, -0.2) is 0 Å². The number of ether oxygens (including phenoxy) is 1. The first kappa shape index (κ1) is 20.1. The van der Waals surface area contributed by atoms with Crippen LogP contribution >= 0.6 is 24.8 Å². The Hall–Kier alpha value is -0.880. The second kappa shape index (κ2) is 9.95. The first-order chi connectivity index (χ1) is 9.27. The molecule has 2 rings (SSSR count). The molecule has 1 saturated heterocycles. The fourth-order valence-electron chi connectivity index (χ4n) is 2.49. The zero-order chi connectivity index (χ0) is 13.6. The van der Waals surface area contributed by atoms with Gasteiger partial charge in [-0.15, -0.1) is 24.8 Å². The number of pyridine rings is 1. The molecule has 1 aromatic rings. The summed E-state index contributed by atoms with van der Waals surface area (Å²) >= 11 is 0. The molecule has 0 unspecified atom stereocenters. The van der Waals surface area contributed by atoms with E-state index in [0.29, 0.717) is 13.2 Å². The number of carbonyl (C=O) groups is 1. The number of hydrogen-bond donors (Lipinski definition) is 2. The molecule has 7 heteroatoms. The highest BCUT2D eigenvalue weighted by atomic mass is 35.5. The third-order valence-electron chi connectivity index (χ3n) is 3.64. The molecular formula is C14H23Cl2N3O2. The van der Waals surface area contributed by atoms with Crippen molar-refractivity contribution < 1.29 is 9.53 Å². The largest absolute Gasteiger partial charge is 0.384 e. The van der Waals surface area contributed by atoms with E-state index in [1.54, 1.807) is 19.5 Å². The number of aromatic nitrogens is 1. The van der Waals surface area contributed by atoms with Crippen LogP contribution in [0.4, 0.5) is 0 Å². The van der Waals surface area contributed by atoms with Crippen molar-refractivity contribution in [2.24, 2.45) is 5.41 Å². The molecule has 2 N–H and O–H groups in total. The molecule has 0 atom stereocenters. The van der Waals surface area contributed by atoms with Crippen LogP contribution in [0.25, 0.3) is 0 Å². The molecule has 2 heterocycles. The molecule has 21 heavy (non-hydrogen) atoms. The van der Waals surface area contributed by atoms with Gasteiger partial charge in [-0.05, 0) is 37.6 Å². The van der Waals surface area contributed by atoms with Crippen LogP contribution in [-0.4, -0.2) is 37.7 Å². The number of halogens is 2. The van der Waals surface area contributed by atoms with Gasteiger partial charge >= 0.3 is 0 Å². The average molecular weight is 336 g/mol. The number of hydrogen-bond acceptors (Lipinski definition) is 4. The summed E-state index contributed by atoms with van der Waals surface area (Å²) in [5, 5.41) is 6.29. The van der Waals surface area contributed by atoms with Crippen molar-refractivity contribution in [3.05, 3.63) is 30.1 Å². The van der Waals surface area contributed by atoms with Gasteiger partial charge in [0.2, 0.25) is 5.91 Å². The molecule has 1 aromatic heterocycles. The Morgan fingerprint density at radius 3 is 2.71 bits per heavy atom. The van der Waals surface area contributed by atoms with E-state index in [1.165, 1.54) is 0 Å². The predicted octanol–water partition coefficient (Wildman–Crippen LogP) is 1.56. The maximum Gasteiger partial charge on any atom is 0.228 e. The van der Waals surface area contributed by atoms with Crippen molar-refractivity contribution in [1.29, 1.82) is 0 Å². The fraction of sp³-hybridized carbons (Fsp3) is 0.571. The van der Waals surface area contributed by atoms with Crippen LogP contribution in [-0.2, 0) is 16.1 Å². The highest BCUT2D eigenvalue weighted by Crippen LogP contribution is 2.29. The third kappa shape index (κ3) is 5.43. The Labute approximate surface area is 138 Å². The Morgan fingerprint density at radius 2 is 2.14 bits per heavy atom. The van der Waals surface area contributed by atoms with Gasteiger partial charge in [-0.1, -0.05) is 6.07 Å². The monoisotopic (exact) mass is 335 g/mol. The van der Waals surface area contributed by atoms with Crippen LogP contribution in [0, 0.1) is 5.41 Å². The number of methoxy groups -OCH3 is 1. The quantitative estimate of drug-likeness (QED) is 0.857. The van der Waals surface area contributed by atoms with E-state index < -0.39 is 0 Å². The van der Waals surface area contributed by atoms with Gasteiger partial charge in [0.15, 0.2) is 0 Å². The van der Waals surface area contributed by atoms with Crippen LogP contribution in [0.3, 0.4) is 0 Å². The number of piperidine rings is 1. The fourth-order valence-corrected chi connectivity index (χ4v) is 2.49. The van der Waals surface area contributed by atoms with Crippen molar-refractivity contribution in [3.63, 3.8) is 0 Å². The minimum Gasteiger partial charge on any atom is -0.384 e. The Morgan fingerprint density at radius 1 is 1.43 bits per heavy atom. The molecule has 1 aliphatic heterocycles. The van der Waals surface area contributed by atoms with Gasteiger partial charge < -0.3 is 15.4 Å². The van der Waals surface area contributed by atoms with Gasteiger partial charge in [0.1, 0.15) is 0 Å². The number of nitrogens with one attached hydrogen (secondary N) is 2. The second-order valence-corrected chi connectivity index (χ2v) is 5.01. The van der Waals surface area contributed by atoms with Crippen LogP contribution < -0.4 is 10.6 Å². The van der Waals surface area contributed by atoms with Crippen molar-refractivity contribution in [1.82, 2.24) is 15.6 Å². The molecule has 1 aliphatic rings. The molecule has 1 fully saturated rings. The van der Waals surface area contributed by atoms with Gasteiger partial charge in [-0.3, -0.25) is 9.78 Å². The minimum atomic E-state index is -0.387. The summed E-state index contributed by atoms with van der Waals surface area (Å²) in [6.45, 7) is 2.73. The summed E-state index contributed by atoms with van der Waals surface area (Å²) in [6.07, 6.45) is 5.13. The number of amides is 1. The molecule has 0 radical (unpaired) electrons. The number of carbonyl (C=O) groups excluding carboxylic acids is 1. The molecule has 120 valence electrons. The highest BCUT2D eigenvalue weighted by Gasteiger charge is 2.39. The maximum atomic E-state index is 12.4. The second-order valence-electron chi connectivity index (χ2n) is 5.01. The zero-order valence-corrected chi connectivity index (χ0v) is 13.8. The Kier molecular flexibility index (Phi) is 9.53. The van der Waals surface area contributed by atoms with Gasteiger partial charge in [0.25, 0.3) is 0 Å². The predicted molar refractivity (Wildman–Crippen MR) is 87.0 cm³/mol. The van der Waals surface area contributed by atoms with Crippen molar-refractivity contribution in [2.75, 3.05) is 26.8 Å². The van der Waals surface area contributed by atoms with Crippen LogP contribution in [0.1, 0.15) is 18.4 Å². The molecule has 0 aromatic carbocycles. The maximum absolute atomic E-state index is 12.4. The summed E-state index contributed by atoms with van der Waals surface area (Å²) in [7, 11) is 1.65. The van der Waals surface area contributed by atoms with E-state index >= 15 is 0 Å². The van der Waals surface area contributed by atoms with Crippen molar-refractivity contribution >= 4 is 30.7 Å². The number of nitrogens with zero attached hydrogens (tertiary/aromatic N) is 1. The first-order valence-corrected chi connectivity index (χ1v) is 6.64. The van der Waals surface area contributed by atoms with E-state index in [1.807, 2.05) is 12.1 Å². The lowest BCUT2D eigenvalue weighted by atomic mass is 9.78. The zero-order valence-electron chi connectivity index (χ0n) is 12.1.